The molecule has 1 aromatic heterocycles. The smallest absolute Gasteiger partial charge is 0.303 e. The van der Waals surface area contributed by atoms with Gasteiger partial charge in [0.05, 0.1) is 6.67 Å². The van der Waals surface area contributed by atoms with Crippen LogP contribution in [0, 0.1) is 13.8 Å². The van der Waals surface area contributed by atoms with Crippen molar-refractivity contribution in [3.63, 3.8) is 0 Å². The Bertz CT molecular complexity index is 1010. The van der Waals surface area contributed by atoms with E-state index in [1.165, 1.54) is 0 Å². The molecular weight excluding hydrogens is 383 g/mol. The molecule has 0 aliphatic heterocycles. The predicted octanol–water partition coefficient (Wildman–Crippen LogP) is 5.81. The molecule has 0 amide bonds. The van der Waals surface area contributed by atoms with Gasteiger partial charge >= 0.3 is 5.97 Å². The van der Waals surface area contributed by atoms with Gasteiger partial charge in [-0.25, -0.2) is 0 Å². The minimum Gasteiger partial charge on any atom is -0.488 e. The number of alkyl halides is 1. The van der Waals surface area contributed by atoms with E-state index in [1.807, 2.05) is 26.0 Å². The minimum absolute atomic E-state index is 0.0979. The number of ether oxygens (including phenoxy) is 1. The van der Waals surface area contributed by atoms with E-state index < -0.39 is 12.6 Å². The molecule has 0 aliphatic rings. The first-order chi connectivity index (χ1) is 13.4. The lowest BCUT2D eigenvalue weighted by Crippen LogP contribution is -2.03. The highest BCUT2D eigenvalue weighted by Crippen LogP contribution is 2.30. The molecule has 0 atom stereocenters. The molecular formula is C22H22ClFO4. The minimum atomic E-state index is -0.812. The molecule has 0 unspecified atom stereocenters. The molecule has 6 heteroatoms. The fourth-order valence-corrected chi connectivity index (χ4v) is 3.49. The average molecular weight is 405 g/mol. The van der Waals surface area contributed by atoms with Crippen molar-refractivity contribution in [2.24, 2.45) is 0 Å². The summed E-state index contributed by atoms with van der Waals surface area (Å²) in [5, 5.41) is 10.3. The van der Waals surface area contributed by atoms with Gasteiger partial charge in [-0.3, -0.25) is 9.18 Å². The highest BCUT2D eigenvalue weighted by molar-refractivity contribution is 6.31. The zero-order chi connectivity index (χ0) is 20.3. The molecule has 0 bridgehead atoms. The maximum atomic E-state index is 12.6. The molecule has 3 aromatic rings. The molecule has 4 nitrogen and oxygen atoms in total. The van der Waals surface area contributed by atoms with Gasteiger partial charge in [-0.1, -0.05) is 17.7 Å². The third kappa shape index (κ3) is 4.47. The lowest BCUT2D eigenvalue weighted by atomic mass is 9.99. The van der Waals surface area contributed by atoms with Crippen LogP contribution in [0.3, 0.4) is 0 Å². The lowest BCUT2D eigenvalue weighted by molar-refractivity contribution is -0.136. The molecule has 0 saturated heterocycles. The van der Waals surface area contributed by atoms with Crippen LogP contribution < -0.4 is 4.74 Å². The van der Waals surface area contributed by atoms with Crippen molar-refractivity contribution in [3.8, 4) is 5.75 Å². The van der Waals surface area contributed by atoms with Crippen LogP contribution in [-0.2, 0) is 24.2 Å². The summed E-state index contributed by atoms with van der Waals surface area (Å²) >= 11 is 6.21. The molecule has 0 aliphatic carbocycles. The first-order valence-electron chi connectivity index (χ1n) is 9.09. The van der Waals surface area contributed by atoms with Crippen molar-refractivity contribution >= 4 is 28.5 Å². The van der Waals surface area contributed by atoms with Gasteiger partial charge in [0.15, 0.2) is 0 Å². The molecule has 0 saturated carbocycles. The Morgan fingerprint density at radius 2 is 1.93 bits per heavy atom. The van der Waals surface area contributed by atoms with E-state index >= 15 is 0 Å². The largest absolute Gasteiger partial charge is 0.488 e. The fraction of sp³-hybridized carbons (Fsp3) is 0.318. The van der Waals surface area contributed by atoms with E-state index in [1.54, 1.807) is 18.2 Å². The third-order valence-corrected chi connectivity index (χ3v) is 5.11. The van der Waals surface area contributed by atoms with E-state index in [4.69, 9.17) is 25.9 Å². The molecule has 1 N–H and O–H groups in total. The third-order valence-electron chi connectivity index (χ3n) is 4.89. The average Bonchev–Trinajstić information content (AvgIpc) is 3.04. The molecule has 3 rings (SSSR count). The van der Waals surface area contributed by atoms with Gasteiger partial charge < -0.3 is 14.3 Å². The number of halogens is 2. The van der Waals surface area contributed by atoms with Gasteiger partial charge in [0.2, 0.25) is 0 Å². The Labute approximate surface area is 167 Å². The summed E-state index contributed by atoms with van der Waals surface area (Å²) in [5.41, 5.74) is 4.44. The van der Waals surface area contributed by atoms with Gasteiger partial charge in [-0.2, -0.15) is 0 Å². The van der Waals surface area contributed by atoms with E-state index in [-0.39, 0.29) is 19.4 Å². The van der Waals surface area contributed by atoms with Gasteiger partial charge in [0.25, 0.3) is 0 Å². The predicted molar refractivity (Wildman–Crippen MR) is 107 cm³/mol. The van der Waals surface area contributed by atoms with Crippen LogP contribution in [0.2, 0.25) is 5.02 Å². The van der Waals surface area contributed by atoms with Crippen molar-refractivity contribution in [2.75, 3.05) is 6.67 Å². The normalized spacial score (nSPS) is 11.1. The Morgan fingerprint density at radius 1 is 1.14 bits per heavy atom. The van der Waals surface area contributed by atoms with Gasteiger partial charge in [0, 0.05) is 28.8 Å². The number of rotatable bonds is 8. The molecule has 2 aromatic carbocycles. The number of benzene rings is 2. The van der Waals surface area contributed by atoms with E-state index in [0.717, 1.165) is 33.4 Å². The summed E-state index contributed by atoms with van der Waals surface area (Å²) in [6.07, 6.45) is 0.810. The van der Waals surface area contributed by atoms with Crippen molar-refractivity contribution in [1.82, 2.24) is 0 Å². The van der Waals surface area contributed by atoms with Crippen LogP contribution in [0.15, 0.2) is 34.7 Å². The SMILES string of the molecule is Cc1c(CCC(=O)O)ccc(OCc2cc(Cl)cc3cc(CCF)oc23)c1C. The van der Waals surface area contributed by atoms with Crippen LogP contribution in [-0.4, -0.2) is 17.8 Å². The highest BCUT2D eigenvalue weighted by Gasteiger charge is 2.13. The van der Waals surface area contributed by atoms with Crippen molar-refractivity contribution in [2.45, 2.75) is 39.7 Å². The number of carboxylic acids is 1. The maximum absolute atomic E-state index is 12.6. The van der Waals surface area contributed by atoms with Crippen molar-refractivity contribution in [1.29, 1.82) is 0 Å². The van der Waals surface area contributed by atoms with E-state index in [9.17, 15) is 9.18 Å². The zero-order valence-electron chi connectivity index (χ0n) is 15.9. The van der Waals surface area contributed by atoms with Gasteiger partial charge in [-0.15, -0.1) is 0 Å². The summed E-state index contributed by atoms with van der Waals surface area (Å²) in [6, 6.07) is 9.14. The quantitative estimate of drug-likeness (QED) is 0.514. The van der Waals surface area contributed by atoms with Gasteiger partial charge in [-0.05, 0) is 61.2 Å². The maximum Gasteiger partial charge on any atom is 0.303 e. The summed E-state index contributed by atoms with van der Waals surface area (Å²) in [6.45, 7) is 3.70. The summed E-state index contributed by atoms with van der Waals surface area (Å²) in [7, 11) is 0. The number of hydrogen-bond acceptors (Lipinski definition) is 3. The molecule has 28 heavy (non-hydrogen) atoms. The van der Waals surface area contributed by atoms with Crippen LogP contribution in [0.1, 0.15) is 34.4 Å². The number of carbonyl (C=O) groups is 1. The van der Waals surface area contributed by atoms with E-state index in [2.05, 4.69) is 0 Å². The Morgan fingerprint density at radius 3 is 2.64 bits per heavy atom. The topological polar surface area (TPSA) is 59.7 Å². The lowest BCUT2D eigenvalue weighted by Gasteiger charge is -2.14. The molecule has 0 spiro atoms. The summed E-state index contributed by atoms with van der Waals surface area (Å²) in [4.78, 5) is 10.8. The molecule has 0 fully saturated rings. The van der Waals surface area contributed by atoms with Crippen molar-refractivity contribution in [3.05, 3.63) is 63.4 Å². The number of aliphatic carboxylic acids is 1. The zero-order valence-corrected chi connectivity index (χ0v) is 16.6. The number of furan rings is 1. The fourth-order valence-electron chi connectivity index (χ4n) is 3.24. The van der Waals surface area contributed by atoms with Crippen LogP contribution in [0.4, 0.5) is 4.39 Å². The molecule has 1 heterocycles. The Balaban J connectivity index is 1.82. The molecule has 0 radical (unpaired) electrons. The second kappa shape index (κ2) is 8.65. The second-order valence-electron chi connectivity index (χ2n) is 6.79. The number of carboxylic acid groups (broad SMARTS) is 1. The molecule has 148 valence electrons. The van der Waals surface area contributed by atoms with Crippen molar-refractivity contribution < 1.29 is 23.4 Å². The standard InChI is InChI=1S/C22H22ClFO4/c1-13-14(2)20(5-3-15(13)4-6-21(25)26)27-12-17-10-18(23)9-16-11-19(7-8-24)28-22(16)17/h3,5,9-11H,4,6-8,12H2,1-2H3,(H,25,26). The second-order valence-corrected chi connectivity index (χ2v) is 7.23. The first-order valence-corrected chi connectivity index (χ1v) is 9.47. The monoisotopic (exact) mass is 404 g/mol. The number of fused-ring (bicyclic) bond motifs is 1. The first kappa shape index (κ1) is 20.2. The number of aryl methyl sites for hydroxylation is 2. The number of hydrogen-bond donors (Lipinski definition) is 1. The highest BCUT2D eigenvalue weighted by atomic mass is 35.5. The van der Waals surface area contributed by atoms with Crippen LogP contribution in [0.5, 0.6) is 5.75 Å². The van der Waals surface area contributed by atoms with Crippen LogP contribution >= 0.6 is 11.6 Å². The van der Waals surface area contributed by atoms with Gasteiger partial charge in [0.1, 0.15) is 23.7 Å². The Hall–Kier alpha value is -2.53. The summed E-state index contributed by atoms with van der Waals surface area (Å²) in [5.74, 6) is 0.490. The summed E-state index contributed by atoms with van der Waals surface area (Å²) < 4.78 is 24.4. The Kier molecular flexibility index (Phi) is 6.25. The van der Waals surface area contributed by atoms with Crippen LogP contribution in [0.25, 0.3) is 11.0 Å². The van der Waals surface area contributed by atoms with E-state index in [0.29, 0.717) is 22.8 Å².